The van der Waals surface area contributed by atoms with Gasteiger partial charge in [0.1, 0.15) is 12.4 Å². The molecule has 1 aromatic heterocycles. The number of hydrogen-bond acceptors (Lipinski definition) is 2. The van der Waals surface area contributed by atoms with Crippen LogP contribution in [0.25, 0.3) is 0 Å². The van der Waals surface area contributed by atoms with Crippen molar-refractivity contribution in [2.75, 3.05) is 6.61 Å². The Bertz CT molecular complexity index is 546. The van der Waals surface area contributed by atoms with E-state index in [4.69, 9.17) is 4.74 Å². The van der Waals surface area contributed by atoms with Crippen LogP contribution < -0.4 is 10.1 Å². The molecular formula is C16H19BrN2O. The Labute approximate surface area is 128 Å². The summed E-state index contributed by atoms with van der Waals surface area (Å²) in [7, 11) is 0. The van der Waals surface area contributed by atoms with Crippen molar-refractivity contribution >= 4 is 15.9 Å². The molecule has 1 saturated carbocycles. The van der Waals surface area contributed by atoms with Gasteiger partial charge in [-0.05, 0) is 49.2 Å². The topological polar surface area (TPSA) is 26.2 Å². The summed E-state index contributed by atoms with van der Waals surface area (Å²) in [4.78, 5) is 0. The van der Waals surface area contributed by atoms with Crippen molar-refractivity contribution in [2.45, 2.75) is 32.0 Å². The van der Waals surface area contributed by atoms with E-state index in [0.717, 1.165) is 29.4 Å². The number of benzene rings is 1. The van der Waals surface area contributed by atoms with Gasteiger partial charge in [0.2, 0.25) is 0 Å². The van der Waals surface area contributed by atoms with E-state index in [1.807, 2.05) is 24.3 Å². The van der Waals surface area contributed by atoms with Crippen LogP contribution in [0.3, 0.4) is 0 Å². The lowest BCUT2D eigenvalue weighted by molar-refractivity contribution is 0.296. The first-order valence-electron chi connectivity index (χ1n) is 7.07. The van der Waals surface area contributed by atoms with Crippen LogP contribution in [-0.4, -0.2) is 17.2 Å². The molecule has 20 heavy (non-hydrogen) atoms. The van der Waals surface area contributed by atoms with E-state index >= 15 is 0 Å². The maximum absolute atomic E-state index is 5.77. The van der Waals surface area contributed by atoms with Crippen molar-refractivity contribution in [2.24, 2.45) is 0 Å². The van der Waals surface area contributed by atoms with Crippen LogP contribution in [0.5, 0.6) is 5.75 Å². The summed E-state index contributed by atoms with van der Waals surface area (Å²) in [6, 6.07) is 13.0. The van der Waals surface area contributed by atoms with Gasteiger partial charge in [-0.25, -0.2) is 0 Å². The molecule has 0 unspecified atom stereocenters. The molecule has 0 radical (unpaired) electrons. The normalized spacial score (nSPS) is 14.4. The first kappa shape index (κ1) is 13.7. The van der Waals surface area contributed by atoms with Gasteiger partial charge in [-0.2, -0.15) is 0 Å². The molecule has 0 atom stereocenters. The Hall–Kier alpha value is -1.26. The first-order chi connectivity index (χ1) is 9.81. The second-order valence-corrected chi connectivity index (χ2v) is 6.07. The van der Waals surface area contributed by atoms with E-state index in [-0.39, 0.29) is 0 Å². The van der Waals surface area contributed by atoms with Crippen molar-refractivity contribution in [3.8, 4) is 5.75 Å². The molecule has 0 bridgehead atoms. The van der Waals surface area contributed by atoms with Gasteiger partial charge in [-0.3, -0.25) is 0 Å². The van der Waals surface area contributed by atoms with Crippen LogP contribution in [0.2, 0.25) is 0 Å². The minimum atomic E-state index is 0.687. The molecule has 1 heterocycles. The predicted molar refractivity (Wildman–Crippen MR) is 83.9 cm³/mol. The summed E-state index contributed by atoms with van der Waals surface area (Å²) >= 11 is 3.42. The highest BCUT2D eigenvalue weighted by Gasteiger charge is 2.20. The Morgan fingerprint density at radius 2 is 2.00 bits per heavy atom. The number of nitrogens with zero attached hydrogens (tertiary/aromatic N) is 1. The molecule has 106 valence electrons. The largest absolute Gasteiger partial charge is 0.492 e. The molecule has 1 aromatic carbocycles. The Kier molecular flexibility index (Phi) is 4.43. The molecule has 0 aliphatic heterocycles. The average molecular weight is 335 g/mol. The SMILES string of the molecule is Brc1ccc(OCCn2cccc2CNC2CC2)cc1. The van der Waals surface area contributed by atoms with Crippen molar-refractivity contribution in [1.29, 1.82) is 0 Å². The standard InChI is InChI=1S/C16H19BrN2O/c17-13-3-7-16(8-4-13)20-11-10-19-9-1-2-15(19)12-18-14-5-6-14/h1-4,7-9,14,18H,5-6,10-12H2. The minimum Gasteiger partial charge on any atom is -0.492 e. The van der Waals surface area contributed by atoms with Gasteiger partial charge >= 0.3 is 0 Å². The fraction of sp³-hybridized carbons (Fsp3) is 0.375. The summed E-state index contributed by atoms with van der Waals surface area (Å²) in [5.74, 6) is 0.915. The van der Waals surface area contributed by atoms with Crippen molar-refractivity contribution in [3.05, 3.63) is 52.8 Å². The van der Waals surface area contributed by atoms with Crippen LogP contribution in [0, 0.1) is 0 Å². The second kappa shape index (κ2) is 6.46. The van der Waals surface area contributed by atoms with Crippen LogP contribution in [-0.2, 0) is 13.1 Å². The number of ether oxygens (including phenoxy) is 1. The molecule has 0 spiro atoms. The number of hydrogen-bond donors (Lipinski definition) is 1. The van der Waals surface area contributed by atoms with E-state index in [1.54, 1.807) is 0 Å². The van der Waals surface area contributed by atoms with Gasteiger partial charge < -0.3 is 14.6 Å². The summed E-state index contributed by atoms with van der Waals surface area (Å²) in [5, 5.41) is 3.55. The van der Waals surface area contributed by atoms with Gasteiger partial charge in [0.25, 0.3) is 0 Å². The fourth-order valence-corrected chi connectivity index (χ4v) is 2.42. The third kappa shape index (κ3) is 3.87. The number of aromatic nitrogens is 1. The molecule has 0 amide bonds. The van der Waals surface area contributed by atoms with E-state index < -0.39 is 0 Å². The van der Waals surface area contributed by atoms with Gasteiger partial charge in [-0.15, -0.1) is 0 Å². The lowest BCUT2D eigenvalue weighted by Crippen LogP contribution is -2.19. The smallest absolute Gasteiger partial charge is 0.119 e. The molecule has 1 aliphatic rings. The molecule has 3 nitrogen and oxygen atoms in total. The molecule has 3 rings (SSSR count). The van der Waals surface area contributed by atoms with Gasteiger partial charge in [0.05, 0.1) is 6.54 Å². The highest BCUT2D eigenvalue weighted by molar-refractivity contribution is 9.10. The van der Waals surface area contributed by atoms with E-state index in [1.165, 1.54) is 18.5 Å². The van der Waals surface area contributed by atoms with E-state index in [9.17, 15) is 0 Å². The van der Waals surface area contributed by atoms with Gasteiger partial charge in [0, 0.05) is 29.0 Å². The molecule has 1 fully saturated rings. The molecule has 1 aliphatic carbocycles. The van der Waals surface area contributed by atoms with Crippen LogP contribution in [0.1, 0.15) is 18.5 Å². The number of nitrogens with one attached hydrogen (secondary N) is 1. The monoisotopic (exact) mass is 334 g/mol. The molecule has 1 N–H and O–H groups in total. The lowest BCUT2D eigenvalue weighted by atomic mass is 10.3. The minimum absolute atomic E-state index is 0.687. The molecule has 0 saturated heterocycles. The van der Waals surface area contributed by atoms with Gasteiger partial charge in [-0.1, -0.05) is 15.9 Å². The van der Waals surface area contributed by atoms with Crippen LogP contribution in [0.15, 0.2) is 47.1 Å². The van der Waals surface area contributed by atoms with Crippen molar-refractivity contribution < 1.29 is 4.74 Å². The summed E-state index contributed by atoms with van der Waals surface area (Å²) < 4.78 is 9.10. The number of rotatable bonds is 7. The zero-order valence-corrected chi connectivity index (χ0v) is 13.0. The zero-order chi connectivity index (χ0) is 13.8. The lowest BCUT2D eigenvalue weighted by Gasteiger charge is -2.11. The summed E-state index contributed by atoms with van der Waals surface area (Å²) in [5.41, 5.74) is 1.33. The average Bonchev–Trinajstić information content (AvgIpc) is 3.18. The quantitative estimate of drug-likeness (QED) is 0.837. The van der Waals surface area contributed by atoms with Gasteiger partial charge in [0.15, 0.2) is 0 Å². The molecule has 4 heteroatoms. The third-order valence-corrected chi connectivity index (χ3v) is 4.02. The van der Waals surface area contributed by atoms with Crippen LogP contribution >= 0.6 is 15.9 Å². The maximum atomic E-state index is 5.77. The summed E-state index contributed by atoms with van der Waals surface area (Å²) in [6.07, 6.45) is 4.77. The fourth-order valence-electron chi connectivity index (χ4n) is 2.16. The number of halogens is 1. The Balaban J connectivity index is 1.47. The first-order valence-corrected chi connectivity index (χ1v) is 7.86. The van der Waals surface area contributed by atoms with E-state index in [0.29, 0.717) is 6.61 Å². The third-order valence-electron chi connectivity index (χ3n) is 3.49. The zero-order valence-electron chi connectivity index (χ0n) is 11.4. The predicted octanol–water partition coefficient (Wildman–Crippen LogP) is 3.58. The second-order valence-electron chi connectivity index (χ2n) is 5.15. The highest BCUT2D eigenvalue weighted by Crippen LogP contribution is 2.19. The van der Waals surface area contributed by atoms with E-state index in [2.05, 4.69) is 44.1 Å². The Morgan fingerprint density at radius 3 is 2.75 bits per heavy atom. The van der Waals surface area contributed by atoms with Crippen molar-refractivity contribution in [3.63, 3.8) is 0 Å². The van der Waals surface area contributed by atoms with Crippen LogP contribution in [0.4, 0.5) is 0 Å². The molecule has 2 aromatic rings. The van der Waals surface area contributed by atoms with Crippen molar-refractivity contribution in [1.82, 2.24) is 9.88 Å². The summed E-state index contributed by atoms with van der Waals surface area (Å²) in [6.45, 7) is 2.52. The maximum Gasteiger partial charge on any atom is 0.119 e. The molecular weight excluding hydrogens is 316 g/mol. The highest BCUT2D eigenvalue weighted by atomic mass is 79.9. The Morgan fingerprint density at radius 1 is 1.20 bits per heavy atom.